The molecule has 0 aromatic carbocycles. The lowest BCUT2D eigenvalue weighted by Gasteiger charge is -2.24. The van der Waals surface area contributed by atoms with Gasteiger partial charge in [-0.1, -0.05) is 5.92 Å². The average Bonchev–Trinajstić information content (AvgIpc) is 2.16. The van der Waals surface area contributed by atoms with E-state index in [0.29, 0.717) is 26.3 Å². The topological polar surface area (TPSA) is 46.6 Å². The Labute approximate surface area is 78.9 Å². The number of morpholine rings is 1. The highest BCUT2D eigenvalue weighted by Crippen LogP contribution is 2.04. The molecule has 0 aromatic heterocycles. The standard InChI is InChI=1S/C8H13NO3S/c1-2-3-8-13(10,11)9-4-6-12-7-5-9/h4-8H2,1H3. The lowest BCUT2D eigenvalue weighted by molar-refractivity contribution is 0.0732. The van der Waals surface area contributed by atoms with E-state index in [1.165, 1.54) is 4.31 Å². The van der Waals surface area contributed by atoms with E-state index in [0.717, 1.165) is 0 Å². The molecule has 1 heterocycles. The fourth-order valence-electron chi connectivity index (χ4n) is 1.08. The first-order valence-corrected chi connectivity index (χ1v) is 5.73. The van der Waals surface area contributed by atoms with Crippen LogP contribution in [0.15, 0.2) is 0 Å². The summed E-state index contributed by atoms with van der Waals surface area (Å²) in [5, 5.41) is 0. The molecule has 1 rings (SSSR count). The largest absolute Gasteiger partial charge is 0.379 e. The summed E-state index contributed by atoms with van der Waals surface area (Å²) in [6.07, 6.45) is 0. The monoisotopic (exact) mass is 203 g/mol. The minimum atomic E-state index is -3.17. The third-order valence-corrected chi connectivity index (χ3v) is 3.46. The first-order chi connectivity index (χ1) is 6.17. The van der Waals surface area contributed by atoms with E-state index in [-0.39, 0.29) is 5.75 Å². The molecule has 74 valence electrons. The van der Waals surface area contributed by atoms with Gasteiger partial charge in [0.15, 0.2) is 0 Å². The van der Waals surface area contributed by atoms with E-state index in [2.05, 4.69) is 11.8 Å². The van der Waals surface area contributed by atoms with Crippen molar-refractivity contribution in [1.82, 2.24) is 4.31 Å². The zero-order chi connectivity index (χ0) is 9.73. The molecule has 0 spiro atoms. The van der Waals surface area contributed by atoms with Crippen molar-refractivity contribution in [2.75, 3.05) is 32.1 Å². The van der Waals surface area contributed by atoms with Gasteiger partial charge in [0.2, 0.25) is 10.0 Å². The highest BCUT2D eigenvalue weighted by atomic mass is 32.2. The molecule has 1 aliphatic heterocycles. The van der Waals surface area contributed by atoms with Gasteiger partial charge in [-0.3, -0.25) is 0 Å². The SMILES string of the molecule is CC#CCS(=O)(=O)N1CCOCC1. The van der Waals surface area contributed by atoms with Crippen molar-refractivity contribution < 1.29 is 13.2 Å². The van der Waals surface area contributed by atoms with Crippen LogP contribution in [0.25, 0.3) is 0 Å². The summed E-state index contributed by atoms with van der Waals surface area (Å²) in [7, 11) is -3.17. The van der Waals surface area contributed by atoms with Crippen LogP contribution in [0.3, 0.4) is 0 Å². The molecule has 4 nitrogen and oxygen atoms in total. The zero-order valence-electron chi connectivity index (χ0n) is 7.62. The molecule has 0 radical (unpaired) electrons. The summed E-state index contributed by atoms with van der Waals surface area (Å²) in [5.74, 6) is 5.06. The van der Waals surface area contributed by atoms with Crippen LogP contribution >= 0.6 is 0 Å². The number of rotatable bonds is 2. The van der Waals surface area contributed by atoms with E-state index in [1.807, 2.05) is 0 Å². The van der Waals surface area contributed by atoms with Gasteiger partial charge in [-0.05, 0) is 6.92 Å². The van der Waals surface area contributed by atoms with Gasteiger partial charge in [0, 0.05) is 13.1 Å². The summed E-state index contributed by atoms with van der Waals surface area (Å²) in [6.45, 7) is 3.51. The molecule has 1 saturated heterocycles. The maximum atomic E-state index is 11.5. The van der Waals surface area contributed by atoms with Crippen LogP contribution in [0, 0.1) is 11.8 Å². The summed E-state index contributed by atoms with van der Waals surface area (Å²) in [4.78, 5) is 0. The lowest BCUT2D eigenvalue weighted by atomic mass is 10.5. The van der Waals surface area contributed by atoms with Gasteiger partial charge < -0.3 is 4.74 Å². The molecule has 0 aromatic rings. The van der Waals surface area contributed by atoms with Gasteiger partial charge in [-0.2, -0.15) is 4.31 Å². The predicted octanol–water partition coefficient (Wildman–Crippen LogP) is -0.328. The molecule has 0 saturated carbocycles. The third kappa shape index (κ3) is 2.99. The Morgan fingerprint density at radius 1 is 1.38 bits per heavy atom. The van der Waals surface area contributed by atoms with Crippen molar-refractivity contribution in [2.45, 2.75) is 6.92 Å². The maximum absolute atomic E-state index is 11.5. The van der Waals surface area contributed by atoms with Crippen molar-refractivity contribution in [1.29, 1.82) is 0 Å². The van der Waals surface area contributed by atoms with E-state index < -0.39 is 10.0 Å². The van der Waals surface area contributed by atoms with E-state index in [9.17, 15) is 8.42 Å². The molecule has 1 aliphatic rings. The first-order valence-electron chi connectivity index (χ1n) is 4.12. The van der Waals surface area contributed by atoms with Gasteiger partial charge in [0.1, 0.15) is 5.75 Å². The van der Waals surface area contributed by atoms with Gasteiger partial charge in [-0.15, -0.1) is 5.92 Å². The third-order valence-electron chi connectivity index (χ3n) is 1.79. The number of nitrogens with zero attached hydrogens (tertiary/aromatic N) is 1. The Kier molecular flexibility index (Phi) is 3.72. The smallest absolute Gasteiger partial charge is 0.225 e. The molecule has 0 atom stereocenters. The Morgan fingerprint density at radius 3 is 2.54 bits per heavy atom. The molecular weight excluding hydrogens is 190 g/mol. The summed E-state index contributed by atoms with van der Waals surface area (Å²) in [5.41, 5.74) is 0. The van der Waals surface area contributed by atoms with Crippen LogP contribution in [0.5, 0.6) is 0 Å². The molecule has 0 amide bonds. The van der Waals surface area contributed by atoms with Crippen molar-refractivity contribution in [2.24, 2.45) is 0 Å². The number of hydrogen-bond acceptors (Lipinski definition) is 3. The van der Waals surface area contributed by atoms with Crippen LogP contribution in [0.2, 0.25) is 0 Å². The lowest BCUT2D eigenvalue weighted by Crippen LogP contribution is -2.41. The highest BCUT2D eigenvalue weighted by Gasteiger charge is 2.22. The van der Waals surface area contributed by atoms with Crippen molar-refractivity contribution in [3.8, 4) is 11.8 Å². The quantitative estimate of drug-likeness (QED) is 0.577. The van der Waals surface area contributed by atoms with Crippen LogP contribution in [-0.4, -0.2) is 44.8 Å². The summed E-state index contributed by atoms with van der Waals surface area (Å²) < 4.78 is 29.5. The fraction of sp³-hybridized carbons (Fsp3) is 0.750. The predicted molar refractivity (Wildman–Crippen MR) is 49.6 cm³/mol. The van der Waals surface area contributed by atoms with Crippen molar-refractivity contribution in [3.05, 3.63) is 0 Å². The second-order valence-corrected chi connectivity index (χ2v) is 4.66. The Morgan fingerprint density at radius 2 is 2.00 bits per heavy atom. The first kappa shape index (κ1) is 10.5. The van der Waals surface area contributed by atoms with Crippen molar-refractivity contribution in [3.63, 3.8) is 0 Å². The van der Waals surface area contributed by atoms with E-state index in [4.69, 9.17) is 4.74 Å². The Bertz CT molecular complexity index is 306. The van der Waals surface area contributed by atoms with Crippen LogP contribution in [0.4, 0.5) is 0 Å². The highest BCUT2D eigenvalue weighted by molar-refractivity contribution is 7.89. The number of hydrogen-bond donors (Lipinski definition) is 0. The fourth-order valence-corrected chi connectivity index (χ4v) is 2.29. The molecule has 5 heteroatoms. The van der Waals surface area contributed by atoms with Gasteiger partial charge in [-0.25, -0.2) is 8.42 Å². The molecule has 0 N–H and O–H groups in total. The van der Waals surface area contributed by atoms with E-state index in [1.54, 1.807) is 6.92 Å². The second kappa shape index (κ2) is 4.61. The Balaban J connectivity index is 2.60. The summed E-state index contributed by atoms with van der Waals surface area (Å²) in [6, 6.07) is 0. The average molecular weight is 203 g/mol. The van der Waals surface area contributed by atoms with E-state index >= 15 is 0 Å². The maximum Gasteiger partial charge on any atom is 0.225 e. The second-order valence-electron chi connectivity index (χ2n) is 2.69. The van der Waals surface area contributed by atoms with Crippen LogP contribution in [-0.2, 0) is 14.8 Å². The minimum Gasteiger partial charge on any atom is -0.379 e. The molecule has 1 fully saturated rings. The number of sulfonamides is 1. The summed E-state index contributed by atoms with van der Waals surface area (Å²) >= 11 is 0. The number of ether oxygens (including phenoxy) is 1. The molecule has 0 bridgehead atoms. The molecule has 13 heavy (non-hydrogen) atoms. The van der Waals surface area contributed by atoms with Gasteiger partial charge >= 0.3 is 0 Å². The van der Waals surface area contributed by atoms with Gasteiger partial charge in [0.05, 0.1) is 13.2 Å². The Hall–Kier alpha value is -0.570. The van der Waals surface area contributed by atoms with Crippen LogP contribution in [0.1, 0.15) is 6.92 Å². The molecular formula is C8H13NO3S. The van der Waals surface area contributed by atoms with Crippen molar-refractivity contribution >= 4 is 10.0 Å². The van der Waals surface area contributed by atoms with Crippen LogP contribution < -0.4 is 0 Å². The minimum absolute atomic E-state index is 0.0799. The normalized spacial score (nSPS) is 19.2. The molecule has 0 unspecified atom stereocenters. The molecule has 0 aliphatic carbocycles. The van der Waals surface area contributed by atoms with Gasteiger partial charge in [0.25, 0.3) is 0 Å². The zero-order valence-corrected chi connectivity index (χ0v) is 8.43.